The molecule has 0 amide bonds. The molecule has 0 radical (unpaired) electrons. The molecular formula is C14H16N4O. The molecule has 0 saturated carbocycles. The molecule has 1 unspecified atom stereocenters. The second kappa shape index (κ2) is 4.84. The summed E-state index contributed by atoms with van der Waals surface area (Å²) in [5, 5.41) is 7.33. The first-order valence-corrected chi connectivity index (χ1v) is 6.44. The van der Waals surface area contributed by atoms with Gasteiger partial charge in [0.15, 0.2) is 0 Å². The molecule has 2 heterocycles. The van der Waals surface area contributed by atoms with Crippen molar-refractivity contribution in [2.45, 2.75) is 18.8 Å². The fourth-order valence-corrected chi connectivity index (χ4v) is 2.56. The molecule has 1 N–H and O–H groups in total. The van der Waals surface area contributed by atoms with E-state index in [1.165, 1.54) is 6.33 Å². The van der Waals surface area contributed by atoms with E-state index in [-0.39, 0.29) is 11.7 Å². The lowest BCUT2D eigenvalue weighted by Crippen LogP contribution is -2.24. The molecule has 0 fully saturated rings. The number of carbonyl (C=O) groups is 1. The van der Waals surface area contributed by atoms with Crippen molar-refractivity contribution in [3.63, 3.8) is 0 Å². The molecule has 19 heavy (non-hydrogen) atoms. The maximum atomic E-state index is 12.5. The zero-order valence-corrected chi connectivity index (χ0v) is 10.8. The van der Waals surface area contributed by atoms with Gasteiger partial charge in [0.2, 0.25) is 0 Å². The number of fused-ring (bicyclic) bond motifs is 1. The van der Waals surface area contributed by atoms with E-state index in [0.717, 1.165) is 30.0 Å². The first kappa shape index (κ1) is 11.9. The van der Waals surface area contributed by atoms with Crippen LogP contribution in [0.3, 0.4) is 0 Å². The molecule has 1 aliphatic heterocycles. The molecule has 5 nitrogen and oxygen atoms in total. The van der Waals surface area contributed by atoms with Gasteiger partial charge >= 0.3 is 0 Å². The second-order valence-electron chi connectivity index (χ2n) is 4.80. The number of Topliss-reactive ketones (excluding diaryl/α,β-unsaturated/α-hetero) is 1. The van der Waals surface area contributed by atoms with E-state index in [0.29, 0.717) is 6.42 Å². The summed E-state index contributed by atoms with van der Waals surface area (Å²) in [7, 11) is 1.81. The predicted octanol–water partition coefficient (Wildman–Crippen LogP) is 1.53. The Kier molecular flexibility index (Phi) is 3.03. The summed E-state index contributed by atoms with van der Waals surface area (Å²) in [5.41, 5.74) is 2.17. The summed E-state index contributed by atoms with van der Waals surface area (Å²) in [4.78, 5) is 16.6. The molecule has 2 aromatic rings. The van der Waals surface area contributed by atoms with Crippen LogP contribution in [0.1, 0.15) is 23.7 Å². The Balaban J connectivity index is 1.84. The quantitative estimate of drug-likeness (QED) is 0.904. The number of nitrogens with zero attached hydrogens (tertiary/aromatic N) is 3. The van der Waals surface area contributed by atoms with Crippen molar-refractivity contribution in [2.75, 3.05) is 11.9 Å². The minimum atomic E-state index is -0.0332. The summed E-state index contributed by atoms with van der Waals surface area (Å²) in [5.74, 6) is 0.903. The fourth-order valence-electron chi connectivity index (χ4n) is 2.56. The lowest BCUT2D eigenvalue weighted by molar-refractivity contribution is -0.120. The van der Waals surface area contributed by atoms with Crippen molar-refractivity contribution in [1.29, 1.82) is 0 Å². The van der Waals surface area contributed by atoms with Crippen LogP contribution in [0.15, 0.2) is 30.6 Å². The summed E-state index contributed by atoms with van der Waals surface area (Å²) in [6, 6.07) is 8.02. The number of hydrogen-bond acceptors (Lipinski definition) is 4. The maximum Gasteiger partial charge on any atom is 0.148 e. The minimum absolute atomic E-state index is 0.0332. The number of ketones is 1. The summed E-state index contributed by atoms with van der Waals surface area (Å²) in [6.45, 7) is 0.840. The Hall–Kier alpha value is -2.17. The number of benzene rings is 1. The van der Waals surface area contributed by atoms with Gasteiger partial charge in [-0.3, -0.25) is 9.48 Å². The Morgan fingerprint density at radius 3 is 3.11 bits per heavy atom. The molecule has 0 spiro atoms. The molecule has 0 aliphatic carbocycles. The Labute approximate surface area is 111 Å². The van der Waals surface area contributed by atoms with E-state index in [4.69, 9.17) is 0 Å². The van der Waals surface area contributed by atoms with Crippen molar-refractivity contribution >= 4 is 11.5 Å². The Morgan fingerprint density at radius 2 is 2.32 bits per heavy atom. The van der Waals surface area contributed by atoms with Gasteiger partial charge in [-0.05, 0) is 18.1 Å². The van der Waals surface area contributed by atoms with Crippen molar-refractivity contribution < 1.29 is 4.79 Å². The molecule has 5 heteroatoms. The molecule has 0 saturated heterocycles. The predicted molar refractivity (Wildman–Crippen MR) is 72.0 cm³/mol. The molecule has 0 bridgehead atoms. The highest BCUT2D eigenvalue weighted by molar-refractivity contribution is 5.89. The lowest BCUT2D eigenvalue weighted by atomic mass is 9.86. The van der Waals surface area contributed by atoms with Crippen LogP contribution in [-0.4, -0.2) is 27.1 Å². The van der Waals surface area contributed by atoms with Gasteiger partial charge < -0.3 is 5.32 Å². The van der Waals surface area contributed by atoms with E-state index in [1.807, 2.05) is 31.3 Å². The van der Waals surface area contributed by atoms with Gasteiger partial charge in [0.25, 0.3) is 0 Å². The number of hydrogen-bond donors (Lipinski definition) is 1. The standard InChI is InChI=1S/C14H16N4O/c1-18-14(16-9-17-18)8-13(19)11-6-7-15-12-5-3-2-4-10(11)12/h2-5,9,11,15H,6-8H2,1H3. The lowest BCUT2D eigenvalue weighted by Gasteiger charge is -2.25. The van der Waals surface area contributed by atoms with Crippen LogP contribution in [0.2, 0.25) is 0 Å². The highest BCUT2D eigenvalue weighted by atomic mass is 16.1. The van der Waals surface area contributed by atoms with Gasteiger partial charge in [-0.15, -0.1) is 0 Å². The molecule has 98 valence electrons. The number of rotatable bonds is 3. The zero-order valence-electron chi connectivity index (χ0n) is 10.8. The van der Waals surface area contributed by atoms with Crippen molar-refractivity contribution in [2.24, 2.45) is 7.05 Å². The van der Waals surface area contributed by atoms with Crippen molar-refractivity contribution in [3.05, 3.63) is 42.0 Å². The molecule has 3 rings (SSSR count). The van der Waals surface area contributed by atoms with E-state index in [9.17, 15) is 4.79 Å². The van der Waals surface area contributed by atoms with E-state index in [2.05, 4.69) is 15.4 Å². The monoisotopic (exact) mass is 256 g/mol. The van der Waals surface area contributed by atoms with Crippen LogP contribution in [0, 0.1) is 0 Å². The van der Waals surface area contributed by atoms with E-state index >= 15 is 0 Å². The third-order valence-corrected chi connectivity index (χ3v) is 3.61. The van der Waals surface area contributed by atoms with Crippen LogP contribution < -0.4 is 5.32 Å². The third kappa shape index (κ3) is 2.23. The average molecular weight is 256 g/mol. The van der Waals surface area contributed by atoms with E-state index in [1.54, 1.807) is 4.68 Å². The van der Waals surface area contributed by atoms with Crippen LogP contribution >= 0.6 is 0 Å². The van der Waals surface area contributed by atoms with Crippen LogP contribution in [0.5, 0.6) is 0 Å². The van der Waals surface area contributed by atoms with Gasteiger partial charge in [-0.2, -0.15) is 5.10 Å². The molecule has 1 aromatic carbocycles. The SMILES string of the molecule is Cn1ncnc1CC(=O)C1CCNc2ccccc21. The molecule has 1 atom stereocenters. The highest BCUT2D eigenvalue weighted by Crippen LogP contribution is 2.32. The normalized spacial score (nSPS) is 17.6. The van der Waals surface area contributed by atoms with Crippen molar-refractivity contribution in [3.8, 4) is 0 Å². The van der Waals surface area contributed by atoms with Gasteiger partial charge in [0.1, 0.15) is 17.9 Å². The van der Waals surface area contributed by atoms with Gasteiger partial charge in [0, 0.05) is 25.2 Å². The van der Waals surface area contributed by atoms with Crippen molar-refractivity contribution in [1.82, 2.24) is 14.8 Å². The summed E-state index contributed by atoms with van der Waals surface area (Å²) < 4.78 is 1.66. The smallest absolute Gasteiger partial charge is 0.148 e. The first-order chi connectivity index (χ1) is 9.25. The average Bonchev–Trinajstić information content (AvgIpc) is 2.83. The number of aryl methyl sites for hydroxylation is 1. The minimum Gasteiger partial charge on any atom is -0.385 e. The van der Waals surface area contributed by atoms with Crippen LogP contribution in [-0.2, 0) is 18.3 Å². The highest BCUT2D eigenvalue weighted by Gasteiger charge is 2.26. The number of nitrogens with one attached hydrogen (secondary N) is 1. The number of para-hydroxylation sites is 1. The topological polar surface area (TPSA) is 59.8 Å². The fraction of sp³-hybridized carbons (Fsp3) is 0.357. The van der Waals surface area contributed by atoms with E-state index < -0.39 is 0 Å². The second-order valence-corrected chi connectivity index (χ2v) is 4.80. The number of aromatic nitrogens is 3. The largest absolute Gasteiger partial charge is 0.385 e. The van der Waals surface area contributed by atoms with Crippen LogP contribution in [0.25, 0.3) is 0 Å². The first-order valence-electron chi connectivity index (χ1n) is 6.44. The Bertz CT molecular complexity index is 605. The number of carbonyl (C=O) groups excluding carboxylic acids is 1. The van der Waals surface area contributed by atoms with Crippen LogP contribution in [0.4, 0.5) is 5.69 Å². The molecule has 1 aliphatic rings. The van der Waals surface area contributed by atoms with Gasteiger partial charge in [0.05, 0.1) is 6.42 Å². The third-order valence-electron chi connectivity index (χ3n) is 3.61. The number of anilines is 1. The summed E-state index contributed by atoms with van der Waals surface area (Å²) >= 11 is 0. The Morgan fingerprint density at radius 1 is 1.47 bits per heavy atom. The maximum absolute atomic E-state index is 12.5. The summed E-state index contributed by atoms with van der Waals surface area (Å²) in [6.07, 6.45) is 2.67. The molecule has 1 aromatic heterocycles. The zero-order chi connectivity index (χ0) is 13.2. The van der Waals surface area contributed by atoms with Gasteiger partial charge in [-0.25, -0.2) is 4.98 Å². The van der Waals surface area contributed by atoms with Gasteiger partial charge in [-0.1, -0.05) is 18.2 Å². The molecular weight excluding hydrogens is 240 g/mol.